The average Bonchev–Trinajstić information content (AvgIpc) is 3.09. The number of nitrogens with one attached hydrogen (secondary N) is 2. The minimum absolute atomic E-state index is 0.0426. The second kappa shape index (κ2) is 9.94. The summed E-state index contributed by atoms with van der Waals surface area (Å²) in [6.07, 6.45) is 0.912. The summed E-state index contributed by atoms with van der Waals surface area (Å²) in [4.78, 5) is 25.5. The zero-order chi connectivity index (χ0) is 27.1. The SMILES string of the molecule is CC1(C)CC(C)(c2ccc(NC(=O)c3cccc(Cl)c3)cc2)c2cc(NC(=O)c3cccc(Cl)c3)ccc21. The molecule has 0 fully saturated rings. The van der Waals surface area contributed by atoms with Gasteiger partial charge in [0.25, 0.3) is 11.8 Å². The van der Waals surface area contributed by atoms with Gasteiger partial charge in [0.15, 0.2) is 0 Å². The molecule has 0 saturated carbocycles. The van der Waals surface area contributed by atoms with Crippen LogP contribution in [0.5, 0.6) is 0 Å². The molecule has 0 bridgehead atoms. The van der Waals surface area contributed by atoms with Crippen molar-refractivity contribution in [1.82, 2.24) is 0 Å². The molecule has 1 aliphatic carbocycles. The Labute approximate surface area is 233 Å². The smallest absolute Gasteiger partial charge is 0.255 e. The largest absolute Gasteiger partial charge is 0.322 e. The Morgan fingerprint density at radius 3 is 1.74 bits per heavy atom. The van der Waals surface area contributed by atoms with E-state index in [1.54, 1.807) is 48.5 Å². The van der Waals surface area contributed by atoms with Crippen LogP contribution >= 0.6 is 23.2 Å². The van der Waals surface area contributed by atoms with Crippen LogP contribution in [0.2, 0.25) is 10.0 Å². The highest BCUT2D eigenvalue weighted by Crippen LogP contribution is 2.53. The van der Waals surface area contributed by atoms with Crippen molar-refractivity contribution < 1.29 is 9.59 Å². The highest BCUT2D eigenvalue weighted by molar-refractivity contribution is 6.31. The van der Waals surface area contributed by atoms with E-state index in [0.717, 1.165) is 17.7 Å². The Bertz CT molecular complexity index is 1550. The number of hydrogen-bond donors (Lipinski definition) is 2. The molecule has 0 radical (unpaired) electrons. The molecule has 0 aromatic heterocycles. The van der Waals surface area contributed by atoms with Gasteiger partial charge in [0.05, 0.1) is 0 Å². The summed E-state index contributed by atoms with van der Waals surface area (Å²) in [5.41, 5.74) is 5.74. The van der Waals surface area contributed by atoms with Gasteiger partial charge in [0.1, 0.15) is 0 Å². The molecule has 1 unspecified atom stereocenters. The van der Waals surface area contributed by atoms with Crippen LogP contribution in [-0.2, 0) is 10.8 Å². The van der Waals surface area contributed by atoms with E-state index >= 15 is 0 Å². The summed E-state index contributed by atoms with van der Waals surface area (Å²) in [6, 6.07) is 27.9. The molecule has 1 aliphatic rings. The second-order valence-corrected chi connectivity index (χ2v) is 11.5. The summed E-state index contributed by atoms with van der Waals surface area (Å²) in [7, 11) is 0. The van der Waals surface area contributed by atoms with Crippen LogP contribution in [0.3, 0.4) is 0 Å². The number of carbonyl (C=O) groups is 2. The third-order valence-corrected chi connectivity index (χ3v) is 7.82. The quantitative estimate of drug-likeness (QED) is 0.265. The summed E-state index contributed by atoms with van der Waals surface area (Å²) in [5.74, 6) is -0.412. The lowest BCUT2D eigenvalue weighted by Crippen LogP contribution is -2.23. The molecule has 4 nitrogen and oxygen atoms in total. The average molecular weight is 543 g/mol. The van der Waals surface area contributed by atoms with Gasteiger partial charge in [-0.1, -0.05) is 74.3 Å². The van der Waals surface area contributed by atoms with Crippen LogP contribution in [0, 0.1) is 0 Å². The fourth-order valence-electron chi connectivity index (χ4n) is 5.59. The van der Waals surface area contributed by atoms with Gasteiger partial charge >= 0.3 is 0 Å². The fourth-order valence-corrected chi connectivity index (χ4v) is 5.97. The number of anilines is 2. The molecule has 0 aliphatic heterocycles. The first-order valence-corrected chi connectivity index (χ1v) is 13.2. The van der Waals surface area contributed by atoms with E-state index in [2.05, 4.69) is 55.7 Å². The topological polar surface area (TPSA) is 58.2 Å². The zero-order valence-corrected chi connectivity index (χ0v) is 23.0. The van der Waals surface area contributed by atoms with E-state index in [4.69, 9.17) is 23.2 Å². The van der Waals surface area contributed by atoms with E-state index in [1.165, 1.54) is 11.1 Å². The molecule has 192 valence electrons. The predicted molar refractivity (Wildman–Crippen MR) is 156 cm³/mol. The van der Waals surface area contributed by atoms with Crippen molar-refractivity contribution in [3.63, 3.8) is 0 Å². The van der Waals surface area contributed by atoms with Crippen LogP contribution in [0.25, 0.3) is 0 Å². The highest BCUT2D eigenvalue weighted by atomic mass is 35.5. The molecule has 0 saturated heterocycles. The van der Waals surface area contributed by atoms with Crippen LogP contribution in [0.4, 0.5) is 11.4 Å². The van der Waals surface area contributed by atoms with Crippen LogP contribution in [0.1, 0.15) is 64.6 Å². The lowest BCUT2D eigenvalue weighted by atomic mass is 9.75. The minimum Gasteiger partial charge on any atom is -0.322 e. The summed E-state index contributed by atoms with van der Waals surface area (Å²) < 4.78 is 0. The monoisotopic (exact) mass is 542 g/mol. The number of fused-ring (bicyclic) bond motifs is 1. The molecule has 2 amide bonds. The van der Waals surface area contributed by atoms with Gasteiger partial charge in [-0.2, -0.15) is 0 Å². The van der Waals surface area contributed by atoms with E-state index in [9.17, 15) is 9.59 Å². The number of amides is 2. The van der Waals surface area contributed by atoms with E-state index in [0.29, 0.717) is 26.9 Å². The lowest BCUT2D eigenvalue weighted by molar-refractivity contribution is 0.101. The number of hydrogen-bond acceptors (Lipinski definition) is 2. The van der Waals surface area contributed by atoms with Crippen molar-refractivity contribution >= 4 is 46.4 Å². The maximum absolute atomic E-state index is 12.9. The summed E-state index contributed by atoms with van der Waals surface area (Å²) in [6.45, 7) is 6.74. The van der Waals surface area contributed by atoms with Crippen LogP contribution in [-0.4, -0.2) is 11.8 Å². The molecular weight excluding hydrogens is 515 g/mol. The molecule has 0 heterocycles. The van der Waals surface area contributed by atoms with Crippen LogP contribution in [0.15, 0.2) is 91.0 Å². The Morgan fingerprint density at radius 1 is 0.658 bits per heavy atom. The molecule has 0 spiro atoms. The molecule has 4 aromatic carbocycles. The standard InChI is InChI=1S/C32H28Cl2N2O2/c1-31(2)19-32(3,22-10-12-25(13-11-22)35-29(37)20-6-4-8-23(33)16-20)28-18-26(14-15-27(28)31)36-30(38)21-7-5-9-24(34)17-21/h4-18H,19H2,1-3H3,(H,35,37)(H,36,38). The number of halogens is 2. The molecule has 38 heavy (non-hydrogen) atoms. The van der Waals surface area contributed by atoms with E-state index < -0.39 is 0 Å². The zero-order valence-electron chi connectivity index (χ0n) is 21.4. The van der Waals surface area contributed by atoms with E-state index in [1.807, 2.05) is 18.2 Å². The molecule has 6 heteroatoms. The molecule has 5 rings (SSSR count). The molecule has 1 atom stereocenters. The summed E-state index contributed by atoms with van der Waals surface area (Å²) >= 11 is 12.1. The third kappa shape index (κ3) is 5.07. The molecule has 2 N–H and O–H groups in total. The van der Waals surface area contributed by atoms with Gasteiger partial charge in [-0.3, -0.25) is 9.59 Å². The Hall–Kier alpha value is -3.60. The first-order chi connectivity index (χ1) is 18.0. The Kier molecular flexibility index (Phi) is 6.81. The van der Waals surface area contributed by atoms with Crippen LogP contribution < -0.4 is 10.6 Å². The highest BCUT2D eigenvalue weighted by Gasteiger charge is 2.45. The van der Waals surface area contributed by atoms with Crippen molar-refractivity contribution in [2.24, 2.45) is 0 Å². The van der Waals surface area contributed by atoms with Gasteiger partial charge in [-0.15, -0.1) is 0 Å². The first kappa shape index (κ1) is 26.0. The molecular formula is C32H28Cl2N2O2. The third-order valence-electron chi connectivity index (χ3n) is 7.35. The van der Waals surface area contributed by atoms with Gasteiger partial charge in [-0.25, -0.2) is 0 Å². The lowest BCUT2D eigenvalue weighted by Gasteiger charge is -2.29. The maximum atomic E-state index is 12.9. The Balaban J connectivity index is 1.41. The molecule has 4 aromatic rings. The van der Waals surface area contributed by atoms with Gasteiger partial charge in [-0.05, 0) is 89.2 Å². The fraction of sp³-hybridized carbons (Fsp3) is 0.188. The first-order valence-electron chi connectivity index (χ1n) is 12.4. The van der Waals surface area contributed by atoms with Crippen molar-refractivity contribution in [2.75, 3.05) is 10.6 Å². The van der Waals surface area contributed by atoms with Crippen molar-refractivity contribution in [3.05, 3.63) is 129 Å². The normalized spacial score (nSPS) is 17.5. The summed E-state index contributed by atoms with van der Waals surface area (Å²) in [5, 5.41) is 7.02. The van der Waals surface area contributed by atoms with Crippen molar-refractivity contribution in [2.45, 2.75) is 38.0 Å². The predicted octanol–water partition coefficient (Wildman–Crippen LogP) is 8.49. The number of benzene rings is 4. The van der Waals surface area contributed by atoms with Crippen molar-refractivity contribution in [3.8, 4) is 0 Å². The minimum atomic E-state index is -0.273. The van der Waals surface area contributed by atoms with Gasteiger partial charge in [0, 0.05) is 38.0 Å². The number of rotatable bonds is 5. The van der Waals surface area contributed by atoms with E-state index in [-0.39, 0.29) is 22.6 Å². The van der Waals surface area contributed by atoms with Crippen molar-refractivity contribution in [1.29, 1.82) is 0 Å². The Morgan fingerprint density at radius 2 is 1.18 bits per heavy atom. The number of carbonyl (C=O) groups excluding carboxylic acids is 2. The maximum Gasteiger partial charge on any atom is 0.255 e. The second-order valence-electron chi connectivity index (χ2n) is 10.7. The van der Waals surface area contributed by atoms with Gasteiger partial charge < -0.3 is 10.6 Å². The van der Waals surface area contributed by atoms with Gasteiger partial charge in [0.2, 0.25) is 0 Å².